The third kappa shape index (κ3) is 3.54. The molecule has 0 unspecified atom stereocenters. The van der Waals surface area contributed by atoms with Crippen LogP contribution in [0.3, 0.4) is 0 Å². The van der Waals surface area contributed by atoms with Crippen molar-refractivity contribution < 1.29 is 14.7 Å². The highest BCUT2D eigenvalue weighted by molar-refractivity contribution is 6.01. The summed E-state index contributed by atoms with van der Waals surface area (Å²) in [5.41, 5.74) is 1.89. The van der Waals surface area contributed by atoms with E-state index in [-0.39, 0.29) is 17.5 Å². The zero-order chi connectivity index (χ0) is 16.3. The van der Waals surface area contributed by atoms with E-state index in [9.17, 15) is 14.7 Å². The fraction of sp³-hybridized carbons (Fsp3) is 0.214. The van der Waals surface area contributed by atoms with Gasteiger partial charge >= 0.3 is 0 Å². The van der Waals surface area contributed by atoms with Crippen LogP contribution in [0.25, 0.3) is 10.9 Å². The average molecular weight is 301 g/mol. The maximum atomic E-state index is 11.1. The summed E-state index contributed by atoms with van der Waals surface area (Å²) >= 11 is 0. The zero-order valence-electron chi connectivity index (χ0n) is 12.3. The number of rotatable bonds is 1. The Bertz CT molecular complexity index is 804. The van der Waals surface area contributed by atoms with Crippen LogP contribution in [-0.4, -0.2) is 27.9 Å². The minimum atomic E-state index is -0.526. The molecule has 0 saturated carbocycles. The molecule has 0 aliphatic carbocycles. The van der Waals surface area contributed by atoms with Crippen molar-refractivity contribution in [1.82, 2.24) is 10.3 Å². The number of H-pyrrole nitrogens is 1. The third-order valence-corrected chi connectivity index (χ3v) is 2.70. The Balaban J connectivity index is 2.43. The molecule has 1 aromatic heterocycles. The summed E-state index contributed by atoms with van der Waals surface area (Å²) in [5, 5.41) is 20.5. The van der Waals surface area contributed by atoms with Crippen LogP contribution in [0.15, 0.2) is 33.4 Å². The van der Waals surface area contributed by atoms with E-state index >= 15 is 0 Å². The third-order valence-electron chi connectivity index (χ3n) is 2.70. The van der Waals surface area contributed by atoms with Crippen LogP contribution < -0.4 is 5.32 Å². The van der Waals surface area contributed by atoms with E-state index in [1.54, 1.807) is 0 Å². The summed E-state index contributed by atoms with van der Waals surface area (Å²) in [7, 11) is 0. The van der Waals surface area contributed by atoms with Crippen LogP contribution in [0.4, 0.5) is 5.69 Å². The Morgan fingerprint density at radius 1 is 1.27 bits per heavy atom. The molecule has 1 aromatic carbocycles. The number of aliphatic imine (C=N–C) groups is 1. The number of aromatic amines is 1. The van der Waals surface area contributed by atoms with Gasteiger partial charge in [-0.1, -0.05) is 11.6 Å². The van der Waals surface area contributed by atoms with Crippen LogP contribution >= 0.6 is 0 Å². The lowest BCUT2D eigenvalue weighted by atomic mass is 10.2. The zero-order valence-corrected chi connectivity index (χ0v) is 12.3. The Morgan fingerprint density at radius 3 is 2.64 bits per heavy atom. The van der Waals surface area contributed by atoms with Gasteiger partial charge in [0, 0.05) is 19.2 Å². The van der Waals surface area contributed by atoms with Crippen LogP contribution in [0.5, 0.6) is 5.88 Å². The molecule has 0 aliphatic heterocycles. The standard InChI is InChI=1S/C14H15N5O3/c1-7-4-5-11-10(6-7)12(13(22)17-11)18-19-14(15-8(2)20)16-9(3)21/h4-6,17,22H,1-3H3,(H,15,16,20,21). The number of hydrogen-bond acceptors (Lipinski definition) is 4. The fourth-order valence-corrected chi connectivity index (χ4v) is 1.86. The first-order valence-electron chi connectivity index (χ1n) is 6.46. The van der Waals surface area contributed by atoms with E-state index in [1.807, 2.05) is 25.1 Å². The van der Waals surface area contributed by atoms with E-state index in [4.69, 9.17) is 0 Å². The molecule has 22 heavy (non-hydrogen) atoms. The smallest absolute Gasteiger partial charge is 0.252 e. The van der Waals surface area contributed by atoms with E-state index in [1.165, 1.54) is 13.8 Å². The molecule has 114 valence electrons. The van der Waals surface area contributed by atoms with Gasteiger partial charge in [0.1, 0.15) is 0 Å². The molecule has 8 heteroatoms. The largest absolute Gasteiger partial charge is 0.493 e. The Morgan fingerprint density at radius 2 is 2.00 bits per heavy atom. The average Bonchev–Trinajstić information content (AvgIpc) is 2.70. The number of nitrogens with one attached hydrogen (secondary N) is 2. The number of aromatic nitrogens is 1. The van der Waals surface area contributed by atoms with E-state index in [0.29, 0.717) is 10.9 Å². The number of hydrogen-bond donors (Lipinski definition) is 3. The number of aromatic hydroxyl groups is 1. The van der Waals surface area contributed by atoms with Gasteiger partial charge in [0.15, 0.2) is 5.69 Å². The SMILES string of the molecule is CC(=O)N=C(N=Nc1c(O)[nH]c2ccc(C)cc12)NC(C)=O. The highest BCUT2D eigenvalue weighted by Gasteiger charge is 2.11. The molecular formula is C14H15N5O3. The van der Waals surface area contributed by atoms with Gasteiger partial charge < -0.3 is 10.1 Å². The summed E-state index contributed by atoms with van der Waals surface area (Å²) in [6.07, 6.45) is 0. The van der Waals surface area contributed by atoms with Crippen LogP contribution in [0, 0.1) is 6.92 Å². The lowest BCUT2D eigenvalue weighted by molar-refractivity contribution is -0.117. The summed E-state index contributed by atoms with van der Waals surface area (Å²) in [4.78, 5) is 28.4. The number of azo groups is 1. The molecule has 8 nitrogen and oxygen atoms in total. The minimum absolute atomic E-state index is 0.158. The van der Waals surface area contributed by atoms with Crippen molar-refractivity contribution in [3.63, 3.8) is 0 Å². The highest BCUT2D eigenvalue weighted by atomic mass is 16.3. The highest BCUT2D eigenvalue weighted by Crippen LogP contribution is 2.35. The molecule has 1 heterocycles. The second-order valence-corrected chi connectivity index (χ2v) is 4.71. The summed E-state index contributed by atoms with van der Waals surface area (Å²) in [6, 6.07) is 5.53. The van der Waals surface area contributed by atoms with Gasteiger partial charge in [0.25, 0.3) is 5.96 Å². The monoisotopic (exact) mass is 301 g/mol. The molecule has 0 bridgehead atoms. The molecule has 2 aromatic rings. The Hall–Kier alpha value is -3.03. The molecular weight excluding hydrogens is 286 g/mol. The quantitative estimate of drug-likeness (QED) is 0.426. The second kappa shape index (κ2) is 6.17. The molecule has 2 rings (SSSR count). The number of amides is 2. The number of benzene rings is 1. The predicted molar refractivity (Wildman–Crippen MR) is 81.1 cm³/mol. The van der Waals surface area contributed by atoms with Gasteiger partial charge in [0.2, 0.25) is 17.7 Å². The fourth-order valence-electron chi connectivity index (χ4n) is 1.86. The Kier molecular flexibility index (Phi) is 4.31. The van der Waals surface area contributed by atoms with Gasteiger partial charge in [-0.3, -0.25) is 14.9 Å². The molecule has 2 amide bonds. The normalized spacial score (nSPS) is 12.0. The first-order valence-corrected chi connectivity index (χ1v) is 6.46. The van der Waals surface area contributed by atoms with Crippen molar-refractivity contribution in [3.05, 3.63) is 23.8 Å². The molecule has 0 spiro atoms. The molecule has 3 N–H and O–H groups in total. The van der Waals surface area contributed by atoms with E-state index in [0.717, 1.165) is 5.56 Å². The second-order valence-electron chi connectivity index (χ2n) is 4.71. The lowest BCUT2D eigenvalue weighted by Gasteiger charge is -1.98. The first kappa shape index (κ1) is 15.4. The van der Waals surface area contributed by atoms with Crippen molar-refractivity contribution in [2.24, 2.45) is 15.2 Å². The summed E-state index contributed by atoms with van der Waals surface area (Å²) in [5.74, 6) is -1.35. The molecule has 0 radical (unpaired) electrons. The molecule has 0 atom stereocenters. The van der Waals surface area contributed by atoms with Crippen molar-refractivity contribution in [3.8, 4) is 5.88 Å². The maximum absolute atomic E-state index is 11.1. The van der Waals surface area contributed by atoms with Crippen molar-refractivity contribution in [2.75, 3.05) is 0 Å². The minimum Gasteiger partial charge on any atom is -0.493 e. The van der Waals surface area contributed by atoms with E-state index in [2.05, 4.69) is 25.5 Å². The van der Waals surface area contributed by atoms with Crippen molar-refractivity contribution in [2.45, 2.75) is 20.8 Å². The first-order chi connectivity index (χ1) is 10.4. The van der Waals surface area contributed by atoms with Gasteiger partial charge in [0.05, 0.1) is 5.52 Å². The number of fused-ring (bicyclic) bond motifs is 1. The number of carbonyl (C=O) groups excluding carboxylic acids is 2. The number of aryl methyl sites for hydroxylation is 1. The van der Waals surface area contributed by atoms with Crippen LogP contribution in [-0.2, 0) is 9.59 Å². The van der Waals surface area contributed by atoms with Gasteiger partial charge in [-0.15, -0.1) is 10.2 Å². The summed E-state index contributed by atoms with van der Waals surface area (Å²) in [6.45, 7) is 4.39. The number of nitrogens with zero attached hydrogens (tertiary/aromatic N) is 3. The maximum Gasteiger partial charge on any atom is 0.252 e. The van der Waals surface area contributed by atoms with Gasteiger partial charge in [-0.25, -0.2) is 0 Å². The van der Waals surface area contributed by atoms with Crippen molar-refractivity contribution in [1.29, 1.82) is 0 Å². The molecule has 0 aliphatic rings. The van der Waals surface area contributed by atoms with Gasteiger partial charge in [-0.2, -0.15) is 4.99 Å². The molecule has 0 saturated heterocycles. The van der Waals surface area contributed by atoms with Crippen LogP contribution in [0.1, 0.15) is 19.4 Å². The number of carbonyl (C=O) groups is 2. The number of guanidine groups is 1. The lowest BCUT2D eigenvalue weighted by Crippen LogP contribution is -2.26. The van der Waals surface area contributed by atoms with E-state index < -0.39 is 11.8 Å². The van der Waals surface area contributed by atoms with Gasteiger partial charge in [-0.05, 0) is 19.1 Å². The predicted octanol–water partition coefficient (Wildman–Crippen LogP) is 2.30. The molecule has 0 fully saturated rings. The Labute approximate surface area is 126 Å². The van der Waals surface area contributed by atoms with Crippen molar-refractivity contribution >= 4 is 34.4 Å². The van der Waals surface area contributed by atoms with Crippen LogP contribution in [0.2, 0.25) is 0 Å². The topological polar surface area (TPSA) is 119 Å². The summed E-state index contributed by atoms with van der Waals surface area (Å²) < 4.78 is 0.